The molecule has 30 heavy (non-hydrogen) atoms. The Morgan fingerprint density at radius 3 is 2.73 bits per heavy atom. The predicted molar refractivity (Wildman–Crippen MR) is 110 cm³/mol. The molecule has 6 heteroatoms. The zero-order valence-corrected chi connectivity index (χ0v) is 17.5. The minimum atomic E-state index is -0.279. The van der Waals surface area contributed by atoms with Crippen molar-refractivity contribution in [2.75, 3.05) is 40.3 Å². The molecule has 3 aliphatic rings. The van der Waals surface area contributed by atoms with Crippen LogP contribution >= 0.6 is 0 Å². The second-order valence-electron chi connectivity index (χ2n) is 9.07. The van der Waals surface area contributed by atoms with Crippen molar-refractivity contribution in [1.82, 2.24) is 4.90 Å². The van der Waals surface area contributed by atoms with Gasteiger partial charge in [0.25, 0.3) is 0 Å². The van der Waals surface area contributed by atoms with Crippen molar-refractivity contribution in [3.63, 3.8) is 0 Å². The molecule has 5 rings (SSSR count). The van der Waals surface area contributed by atoms with Crippen molar-refractivity contribution < 1.29 is 23.1 Å². The maximum atomic E-state index is 13.6. The molecule has 0 spiro atoms. The van der Waals surface area contributed by atoms with E-state index in [-0.39, 0.29) is 40.6 Å². The molecule has 158 valence electrons. The SMILES string of the molecule is CN1C[C@H]2[C@@H](C1)OC[C@H]2OC(=O)[N+]1(C)CCc2ccccc2[C@@H]1c1ccc(F)cc1. The summed E-state index contributed by atoms with van der Waals surface area (Å²) < 4.78 is 25.7. The van der Waals surface area contributed by atoms with Gasteiger partial charge in [-0.05, 0) is 36.9 Å². The van der Waals surface area contributed by atoms with Crippen LogP contribution in [0.3, 0.4) is 0 Å². The number of carbonyl (C=O) groups is 1. The molecule has 2 saturated heterocycles. The van der Waals surface area contributed by atoms with Crippen LogP contribution in [0.15, 0.2) is 48.5 Å². The third-order valence-corrected chi connectivity index (χ3v) is 7.06. The van der Waals surface area contributed by atoms with Gasteiger partial charge in [0.2, 0.25) is 0 Å². The minimum Gasteiger partial charge on any atom is -0.414 e. The molecule has 0 bridgehead atoms. The van der Waals surface area contributed by atoms with Crippen LogP contribution < -0.4 is 0 Å². The van der Waals surface area contributed by atoms with Gasteiger partial charge in [0, 0.05) is 36.6 Å². The Labute approximate surface area is 176 Å². The number of halogens is 1. The first-order valence-corrected chi connectivity index (χ1v) is 10.7. The van der Waals surface area contributed by atoms with E-state index in [4.69, 9.17) is 9.47 Å². The fraction of sp³-hybridized carbons (Fsp3) is 0.458. The van der Waals surface area contributed by atoms with Gasteiger partial charge in [-0.1, -0.05) is 24.3 Å². The van der Waals surface area contributed by atoms with Crippen LogP contribution in [-0.2, 0) is 15.9 Å². The van der Waals surface area contributed by atoms with Gasteiger partial charge in [0.15, 0.2) is 6.04 Å². The highest BCUT2D eigenvalue weighted by atomic mass is 19.1. The molecule has 0 aliphatic carbocycles. The summed E-state index contributed by atoms with van der Waals surface area (Å²) in [4.78, 5) is 15.8. The maximum absolute atomic E-state index is 13.6. The van der Waals surface area contributed by atoms with E-state index in [9.17, 15) is 9.18 Å². The lowest BCUT2D eigenvalue weighted by Crippen LogP contribution is -2.56. The van der Waals surface area contributed by atoms with E-state index in [1.807, 2.05) is 19.2 Å². The molecular formula is C24H28FN2O3+. The fourth-order valence-electron chi connectivity index (χ4n) is 5.41. The quantitative estimate of drug-likeness (QED) is 0.711. The normalized spacial score (nSPS) is 33.2. The number of hydrogen-bond donors (Lipinski definition) is 0. The van der Waals surface area contributed by atoms with Crippen LogP contribution in [0.2, 0.25) is 0 Å². The van der Waals surface area contributed by atoms with Crippen LogP contribution in [0.5, 0.6) is 0 Å². The summed E-state index contributed by atoms with van der Waals surface area (Å²) >= 11 is 0. The van der Waals surface area contributed by atoms with Crippen molar-refractivity contribution >= 4 is 6.09 Å². The number of amides is 1. The number of likely N-dealkylation sites (tertiary alicyclic amines) is 1. The number of benzene rings is 2. The smallest absolute Gasteiger partial charge is 0.414 e. The minimum absolute atomic E-state index is 0.117. The summed E-state index contributed by atoms with van der Waals surface area (Å²) in [6.45, 7) is 2.87. The molecule has 3 aliphatic heterocycles. The number of nitrogens with zero attached hydrogens (tertiary/aromatic N) is 2. The summed E-state index contributed by atoms with van der Waals surface area (Å²) in [6, 6.07) is 14.5. The maximum Gasteiger partial charge on any atom is 0.516 e. The molecule has 3 heterocycles. The Balaban J connectivity index is 1.47. The number of quaternary nitrogens is 1. The molecule has 1 unspecified atom stereocenters. The van der Waals surface area contributed by atoms with Gasteiger partial charge >= 0.3 is 6.09 Å². The van der Waals surface area contributed by atoms with Crippen molar-refractivity contribution in [1.29, 1.82) is 0 Å². The Bertz CT molecular complexity index is 950. The van der Waals surface area contributed by atoms with Gasteiger partial charge in [-0.15, -0.1) is 0 Å². The average molecular weight is 411 g/mol. The van der Waals surface area contributed by atoms with E-state index in [2.05, 4.69) is 24.1 Å². The fourth-order valence-corrected chi connectivity index (χ4v) is 5.41. The summed E-state index contributed by atoms with van der Waals surface area (Å²) in [5.74, 6) is -0.0500. The van der Waals surface area contributed by atoms with Crippen LogP contribution in [-0.4, -0.2) is 68.0 Å². The van der Waals surface area contributed by atoms with Crippen LogP contribution in [0.1, 0.15) is 22.7 Å². The van der Waals surface area contributed by atoms with Crippen molar-refractivity contribution in [2.24, 2.45) is 5.92 Å². The Morgan fingerprint density at radius 2 is 1.93 bits per heavy atom. The summed E-state index contributed by atoms with van der Waals surface area (Å²) in [6.07, 6.45) is 0.499. The molecule has 0 aromatic heterocycles. The highest BCUT2D eigenvalue weighted by Gasteiger charge is 2.51. The number of carbonyl (C=O) groups excluding carboxylic acids is 1. The molecular weight excluding hydrogens is 383 g/mol. The van der Waals surface area contributed by atoms with Gasteiger partial charge < -0.3 is 14.4 Å². The highest BCUT2D eigenvalue weighted by Crippen LogP contribution is 2.41. The summed E-state index contributed by atoms with van der Waals surface area (Å²) in [7, 11) is 4.01. The van der Waals surface area contributed by atoms with E-state index in [1.165, 1.54) is 17.7 Å². The molecule has 0 radical (unpaired) electrons. The largest absolute Gasteiger partial charge is 0.516 e. The zero-order valence-electron chi connectivity index (χ0n) is 17.5. The van der Waals surface area contributed by atoms with E-state index in [0.717, 1.165) is 30.6 Å². The van der Waals surface area contributed by atoms with Crippen LogP contribution in [0, 0.1) is 11.7 Å². The Morgan fingerprint density at radius 1 is 1.17 bits per heavy atom. The van der Waals surface area contributed by atoms with E-state index < -0.39 is 0 Å². The van der Waals surface area contributed by atoms with Gasteiger partial charge in [-0.2, -0.15) is 4.79 Å². The zero-order chi connectivity index (χ0) is 20.9. The molecule has 5 nitrogen and oxygen atoms in total. The van der Waals surface area contributed by atoms with Crippen molar-refractivity contribution in [2.45, 2.75) is 24.7 Å². The number of hydrogen-bond acceptors (Lipinski definition) is 4. The van der Waals surface area contributed by atoms with E-state index in [1.54, 1.807) is 12.1 Å². The molecule has 2 fully saturated rings. The second kappa shape index (κ2) is 7.45. The van der Waals surface area contributed by atoms with Gasteiger partial charge in [-0.3, -0.25) is 0 Å². The Hall–Kier alpha value is -2.28. The molecule has 0 N–H and O–H groups in total. The third-order valence-electron chi connectivity index (χ3n) is 7.06. The van der Waals surface area contributed by atoms with Crippen LogP contribution in [0.25, 0.3) is 0 Å². The van der Waals surface area contributed by atoms with Gasteiger partial charge in [0.1, 0.15) is 11.9 Å². The number of likely N-dealkylation sites (N-methyl/N-ethyl adjacent to an activating group) is 2. The van der Waals surface area contributed by atoms with E-state index >= 15 is 0 Å². The predicted octanol–water partition coefficient (Wildman–Crippen LogP) is 3.38. The first-order chi connectivity index (χ1) is 14.5. The lowest BCUT2D eigenvalue weighted by Gasteiger charge is -2.42. The first-order valence-electron chi connectivity index (χ1n) is 10.7. The molecule has 1 amide bonds. The van der Waals surface area contributed by atoms with Crippen molar-refractivity contribution in [3.8, 4) is 0 Å². The van der Waals surface area contributed by atoms with Gasteiger partial charge in [0.05, 0.1) is 26.3 Å². The number of fused-ring (bicyclic) bond motifs is 2. The average Bonchev–Trinajstić information content (AvgIpc) is 3.28. The molecule has 0 saturated carbocycles. The van der Waals surface area contributed by atoms with Gasteiger partial charge in [-0.25, -0.2) is 8.87 Å². The standard InChI is InChI=1S/C24H28FN2O3/c1-26-13-20-21(14-26)29-15-22(20)30-24(28)27(2)12-11-16-5-3-4-6-19(16)23(27)17-7-9-18(25)10-8-17/h3-10,20-23H,11-15H2,1-2H3/q+1/t20-,21+,22+,23-,27?/m0/s1. The first kappa shape index (κ1) is 19.7. The van der Waals surface area contributed by atoms with Crippen LogP contribution in [0.4, 0.5) is 9.18 Å². The van der Waals surface area contributed by atoms with E-state index in [0.29, 0.717) is 13.2 Å². The second-order valence-corrected chi connectivity index (χ2v) is 9.07. The summed E-state index contributed by atoms with van der Waals surface area (Å²) in [5, 5.41) is 0. The topological polar surface area (TPSA) is 38.8 Å². The third kappa shape index (κ3) is 3.23. The molecule has 2 aromatic rings. The number of rotatable bonds is 2. The lowest BCUT2D eigenvalue weighted by molar-refractivity contribution is -0.866. The lowest BCUT2D eigenvalue weighted by atomic mass is 9.86. The molecule has 5 atom stereocenters. The Kier molecular flexibility index (Phi) is 4.88. The molecule has 2 aromatic carbocycles. The highest BCUT2D eigenvalue weighted by molar-refractivity contribution is 5.62. The number of ether oxygens (including phenoxy) is 2. The van der Waals surface area contributed by atoms with Crippen molar-refractivity contribution in [3.05, 3.63) is 71.0 Å². The monoisotopic (exact) mass is 411 g/mol. The summed E-state index contributed by atoms with van der Waals surface area (Å²) in [5.41, 5.74) is 3.26.